The second-order valence-electron chi connectivity index (χ2n) is 9.19. The highest BCUT2D eigenvalue weighted by Crippen LogP contribution is 2.35. The highest BCUT2D eigenvalue weighted by Gasteiger charge is 2.32. The van der Waals surface area contributed by atoms with Crippen LogP contribution in [0.4, 0.5) is 5.69 Å². The maximum Gasteiger partial charge on any atom is 0.276 e. The monoisotopic (exact) mass is 449 g/mol. The molecule has 174 valence electrons. The van der Waals surface area contributed by atoms with E-state index in [1.165, 1.54) is 0 Å². The van der Waals surface area contributed by atoms with Gasteiger partial charge in [-0.25, -0.2) is 9.50 Å². The van der Waals surface area contributed by atoms with Crippen molar-refractivity contribution in [2.45, 2.75) is 65.7 Å². The van der Waals surface area contributed by atoms with Gasteiger partial charge < -0.3 is 15.4 Å². The summed E-state index contributed by atoms with van der Waals surface area (Å²) in [5.74, 6) is 0.00897. The maximum absolute atomic E-state index is 12.9. The van der Waals surface area contributed by atoms with Crippen molar-refractivity contribution in [2.24, 2.45) is 5.92 Å². The molecule has 2 amide bonds. The fourth-order valence-electron chi connectivity index (χ4n) is 4.42. The van der Waals surface area contributed by atoms with E-state index in [0.717, 1.165) is 23.4 Å². The molecule has 1 fully saturated rings. The smallest absolute Gasteiger partial charge is 0.276 e. The molecule has 3 atom stereocenters. The summed E-state index contributed by atoms with van der Waals surface area (Å²) < 4.78 is 8.04. The van der Waals surface area contributed by atoms with Gasteiger partial charge in [0.05, 0.1) is 12.2 Å². The Kier molecular flexibility index (Phi) is 6.47. The minimum atomic E-state index is -0.296. The molecule has 1 aromatic carbocycles. The van der Waals surface area contributed by atoms with Gasteiger partial charge in [-0.1, -0.05) is 26.0 Å². The number of ether oxygens (including phenoxy) is 1. The first-order chi connectivity index (χ1) is 15.7. The zero-order valence-corrected chi connectivity index (χ0v) is 19.8. The van der Waals surface area contributed by atoms with Gasteiger partial charge in [-0.15, -0.1) is 0 Å². The zero-order chi connectivity index (χ0) is 23.7. The molecule has 0 bridgehead atoms. The molecule has 33 heavy (non-hydrogen) atoms. The van der Waals surface area contributed by atoms with Crippen LogP contribution in [-0.4, -0.2) is 38.6 Å². The fourth-order valence-corrected chi connectivity index (χ4v) is 4.42. The van der Waals surface area contributed by atoms with Crippen LogP contribution in [0.3, 0.4) is 0 Å². The number of hydrogen-bond acceptors (Lipinski definition) is 5. The van der Waals surface area contributed by atoms with Gasteiger partial charge in [0.25, 0.3) is 5.91 Å². The Balaban J connectivity index is 1.53. The van der Waals surface area contributed by atoms with Gasteiger partial charge in [-0.05, 0) is 56.4 Å². The average molecular weight is 450 g/mol. The predicted octanol–water partition coefficient (Wildman–Crippen LogP) is 3.98. The molecule has 0 radical (unpaired) electrons. The summed E-state index contributed by atoms with van der Waals surface area (Å²) in [5, 5.41) is 10.4. The van der Waals surface area contributed by atoms with Crippen molar-refractivity contribution in [3.05, 3.63) is 59.0 Å². The summed E-state index contributed by atoms with van der Waals surface area (Å²) in [5.41, 5.74) is 4.39. The first kappa shape index (κ1) is 22.9. The number of benzene rings is 1. The van der Waals surface area contributed by atoms with Crippen molar-refractivity contribution in [1.29, 1.82) is 0 Å². The highest BCUT2D eigenvalue weighted by atomic mass is 16.5. The molecule has 1 aliphatic rings. The number of aryl methyl sites for hydroxylation is 2. The number of anilines is 1. The number of nitrogens with one attached hydrogen (secondary N) is 2. The summed E-state index contributed by atoms with van der Waals surface area (Å²) in [6.45, 7) is 9.65. The number of hydrogen-bond donors (Lipinski definition) is 2. The van der Waals surface area contributed by atoms with E-state index in [4.69, 9.17) is 4.74 Å². The molecule has 0 saturated carbocycles. The number of carbonyl (C=O) groups is 2. The number of amides is 2. The van der Waals surface area contributed by atoms with Gasteiger partial charge in [-0.2, -0.15) is 5.10 Å². The van der Waals surface area contributed by atoms with Gasteiger partial charge >= 0.3 is 0 Å². The minimum Gasteiger partial charge on any atom is -0.370 e. The van der Waals surface area contributed by atoms with Gasteiger partial charge in [0.2, 0.25) is 5.91 Å². The largest absolute Gasteiger partial charge is 0.370 e. The first-order valence-corrected chi connectivity index (χ1v) is 11.4. The Morgan fingerprint density at radius 1 is 1.15 bits per heavy atom. The Morgan fingerprint density at radius 3 is 2.67 bits per heavy atom. The summed E-state index contributed by atoms with van der Waals surface area (Å²) in [7, 11) is 0. The van der Waals surface area contributed by atoms with E-state index in [-0.39, 0.29) is 30.1 Å². The van der Waals surface area contributed by atoms with Crippen LogP contribution in [0.15, 0.2) is 36.4 Å². The lowest BCUT2D eigenvalue weighted by atomic mass is 9.89. The molecule has 2 N–H and O–H groups in total. The topological polar surface area (TPSA) is 97.6 Å². The molecule has 0 unspecified atom stereocenters. The molecular weight excluding hydrogens is 418 g/mol. The molecular formula is C25H31N5O3. The van der Waals surface area contributed by atoms with E-state index in [1.807, 2.05) is 44.2 Å². The van der Waals surface area contributed by atoms with Crippen LogP contribution < -0.4 is 10.6 Å². The van der Waals surface area contributed by atoms with Gasteiger partial charge in [0, 0.05) is 36.1 Å². The molecule has 8 nitrogen and oxygen atoms in total. The van der Waals surface area contributed by atoms with Crippen molar-refractivity contribution >= 4 is 23.1 Å². The second-order valence-corrected chi connectivity index (χ2v) is 9.19. The average Bonchev–Trinajstić information content (AvgIpc) is 3.18. The van der Waals surface area contributed by atoms with Crippen molar-refractivity contribution < 1.29 is 14.3 Å². The highest BCUT2D eigenvalue weighted by molar-refractivity contribution is 6.03. The van der Waals surface area contributed by atoms with Gasteiger partial charge in [0.1, 0.15) is 0 Å². The van der Waals surface area contributed by atoms with Crippen LogP contribution in [-0.2, 0) is 9.53 Å². The van der Waals surface area contributed by atoms with Crippen LogP contribution in [0.25, 0.3) is 5.65 Å². The maximum atomic E-state index is 12.9. The summed E-state index contributed by atoms with van der Waals surface area (Å²) in [6.07, 6.45) is 1.38. The lowest BCUT2D eigenvalue weighted by molar-refractivity contribution is -0.123. The number of aromatic nitrogens is 3. The first-order valence-electron chi connectivity index (χ1n) is 11.4. The SMILES string of the molecule is CC(=O)N[C@H]1C[C@@H](c2cccc(NC(=O)c3cc4nc(C)cc(C)n4n3)c2)O[C@@H](C(C)C)C1. The molecule has 4 rings (SSSR count). The summed E-state index contributed by atoms with van der Waals surface area (Å²) in [4.78, 5) is 29.0. The molecule has 2 aromatic heterocycles. The van der Waals surface area contributed by atoms with E-state index in [2.05, 4.69) is 34.6 Å². The van der Waals surface area contributed by atoms with E-state index in [1.54, 1.807) is 17.5 Å². The van der Waals surface area contributed by atoms with Gasteiger partial charge in [0.15, 0.2) is 11.3 Å². The van der Waals surface area contributed by atoms with Crippen LogP contribution in [0.1, 0.15) is 67.2 Å². The van der Waals surface area contributed by atoms with Crippen LogP contribution in [0.5, 0.6) is 0 Å². The van der Waals surface area contributed by atoms with E-state index in [9.17, 15) is 9.59 Å². The van der Waals surface area contributed by atoms with E-state index in [0.29, 0.717) is 29.4 Å². The van der Waals surface area contributed by atoms with E-state index < -0.39 is 0 Å². The van der Waals surface area contributed by atoms with Crippen LogP contribution >= 0.6 is 0 Å². The Morgan fingerprint density at radius 2 is 1.94 bits per heavy atom. The van der Waals surface area contributed by atoms with Gasteiger partial charge in [-0.3, -0.25) is 9.59 Å². The third-order valence-electron chi connectivity index (χ3n) is 5.99. The lowest BCUT2D eigenvalue weighted by Crippen LogP contribution is -2.43. The molecule has 3 heterocycles. The number of carbonyl (C=O) groups excluding carboxylic acids is 2. The molecule has 3 aromatic rings. The van der Waals surface area contributed by atoms with E-state index >= 15 is 0 Å². The zero-order valence-electron chi connectivity index (χ0n) is 19.8. The minimum absolute atomic E-state index is 0.0310. The second kappa shape index (κ2) is 9.31. The van der Waals surface area contributed by atoms with Crippen molar-refractivity contribution in [1.82, 2.24) is 19.9 Å². The lowest BCUT2D eigenvalue weighted by Gasteiger charge is -2.38. The van der Waals surface area contributed by atoms with Crippen molar-refractivity contribution in [2.75, 3.05) is 5.32 Å². The third-order valence-corrected chi connectivity index (χ3v) is 5.99. The quantitative estimate of drug-likeness (QED) is 0.614. The Bertz CT molecular complexity index is 1190. The summed E-state index contributed by atoms with van der Waals surface area (Å²) in [6, 6.07) is 11.3. The molecule has 1 saturated heterocycles. The third kappa shape index (κ3) is 5.22. The number of fused-ring (bicyclic) bond motifs is 1. The Labute approximate surface area is 193 Å². The molecule has 8 heteroatoms. The van der Waals surface area contributed by atoms with Crippen molar-refractivity contribution in [3.8, 4) is 0 Å². The predicted molar refractivity (Wildman–Crippen MR) is 126 cm³/mol. The fraction of sp³-hybridized carbons (Fsp3) is 0.440. The molecule has 1 aliphatic heterocycles. The van der Waals surface area contributed by atoms with Crippen molar-refractivity contribution in [3.63, 3.8) is 0 Å². The number of nitrogens with zero attached hydrogens (tertiary/aromatic N) is 3. The van der Waals surface area contributed by atoms with Crippen LogP contribution in [0.2, 0.25) is 0 Å². The standard InChI is InChI=1S/C25H31N5O3/c1-14(2)22-11-20(27-17(5)31)12-23(33-22)18-7-6-8-19(10-18)28-25(32)21-13-24-26-15(3)9-16(4)30(24)29-21/h6-10,13-14,20,22-23H,11-12H2,1-5H3,(H,27,31)(H,28,32)/t20-,22-,23+/m1/s1. The molecule has 0 spiro atoms. The van der Waals surface area contributed by atoms with Crippen LogP contribution in [0, 0.1) is 19.8 Å². The summed E-state index contributed by atoms with van der Waals surface area (Å²) >= 11 is 0. The Hall–Kier alpha value is -3.26. The molecule has 0 aliphatic carbocycles. The number of rotatable bonds is 5. The normalized spacial score (nSPS) is 20.7.